The van der Waals surface area contributed by atoms with Crippen LogP contribution in [0.4, 0.5) is 15.2 Å². The Bertz CT molecular complexity index is 943. The molecule has 0 atom stereocenters. The van der Waals surface area contributed by atoms with Crippen LogP contribution in [0, 0.1) is 5.82 Å². The monoisotopic (exact) mass is 295 g/mol. The number of fused-ring (bicyclic) bond motifs is 2. The summed E-state index contributed by atoms with van der Waals surface area (Å²) in [5, 5.41) is 5.07. The van der Waals surface area contributed by atoms with E-state index in [0.717, 1.165) is 26.4 Å². The molecule has 5 heteroatoms. The zero-order valence-electron chi connectivity index (χ0n) is 10.9. The van der Waals surface area contributed by atoms with Crippen molar-refractivity contribution in [2.75, 3.05) is 5.32 Å². The second kappa shape index (κ2) is 4.79. The number of thiazole rings is 1. The highest BCUT2D eigenvalue weighted by Gasteiger charge is 2.07. The largest absolute Gasteiger partial charge is 0.330 e. The first-order valence-electron chi connectivity index (χ1n) is 6.46. The maximum Gasteiger partial charge on any atom is 0.188 e. The van der Waals surface area contributed by atoms with Gasteiger partial charge >= 0.3 is 0 Å². The first kappa shape index (κ1) is 12.2. The molecular weight excluding hydrogens is 285 g/mol. The van der Waals surface area contributed by atoms with Gasteiger partial charge in [0.05, 0.1) is 21.4 Å². The summed E-state index contributed by atoms with van der Waals surface area (Å²) >= 11 is 1.49. The molecule has 0 amide bonds. The highest BCUT2D eigenvalue weighted by atomic mass is 32.1. The summed E-state index contributed by atoms with van der Waals surface area (Å²) in [6, 6.07) is 14.5. The Labute approximate surface area is 124 Å². The van der Waals surface area contributed by atoms with Crippen molar-refractivity contribution in [2.45, 2.75) is 0 Å². The molecule has 1 N–H and O–H groups in total. The van der Waals surface area contributed by atoms with Crippen molar-refractivity contribution >= 4 is 43.3 Å². The molecule has 2 aromatic heterocycles. The van der Waals surface area contributed by atoms with Gasteiger partial charge in [-0.05, 0) is 24.3 Å². The second-order valence-corrected chi connectivity index (χ2v) is 5.67. The summed E-state index contributed by atoms with van der Waals surface area (Å²) in [7, 11) is 0. The maximum atomic E-state index is 13.2. The molecule has 2 heterocycles. The van der Waals surface area contributed by atoms with E-state index in [1.54, 1.807) is 12.3 Å². The van der Waals surface area contributed by atoms with Crippen LogP contribution in [0.5, 0.6) is 0 Å². The van der Waals surface area contributed by atoms with Gasteiger partial charge in [-0.25, -0.2) is 9.37 Å². The van der Waals surface area contributed by atoms with Crippen LogP contribution >= 0.6 is 11.3 Å². The summed E-state index contributed by atoms with van der Waals surface area (Å²) in [5.41, 5.74) is 2.45. The number of benzene rings is 2. The number of rotatable bonds is 2. The molecule has 3 nitrogen and oxygen atoms in total. The predicted molar refractivity (Wildman–Crippen MR) is 84.6 cm³/mol. The van der Waals surface area contributed by atoms with E-state index in [9.17, 15) is 4.39 Å². The van der Waals surface area contributed by atoms with Crippen LogP contribution < -0.4 is 5.32 Å². The van der Waals surface area contributed by atoms with Gasteiger partial charge in [-0.2, -0.15) is 0 Å². The molecule has 21 heavy (non-hydrogen) atoms. The summed E-state index contributed by atoms with van der Waals surface area (Å²) in [5.74, 6) is -0.272. The van der Waals surface area contributed by atoms with Gasteiger partial charge in [0.25, 0.3) is 0 Å². The van der Waals surface area contributed by atoms with Gasteiger partial charge in [0.1, 0.15) is 5.82 Å². The van der Waals surface area contributed by atoms with E-state index >= 15 is 0 Å². The van der Waals surface area contributed by atoms with Gasteiger partial charge in [-0.15, -0.1) is 0 Å². The topological polar surface area (TPSA) is 37.8 Å². The number of hydrogen-bond acceptors (Lipinski definition) is 4. The van der Waals surface area contributed by atoms with Crippen molar-refractivity contribution in [2.24, 2.45) is 0 Å². The summed E-state index contributed by atoms with van der Waals surface area (Å²) in [6.07, 6.45) is 1.77. The second-order valence-electron chi connectivity index (χ2n) is 4.64. The third kappa shape index (κ3) is 2.21. The average Bonchev–Trinajstić information content (AvgIpc) is 2.89. The molecule has 0 fully saturated rings. The lowest BCUT2D eigenvalue weighted by Crippen LogP contribution is -1.91. The van der Waals surface area contributed by atoms with E-state index in [0.29, 0.717) is 5.52 Å². The molecule has 0 aliphatic carbocycles. The van der Waals surface area contributed by atoms with Crippen molar-refractivity contribution in [1.82, 2.24) is 9.97 Å². The Kier molecular flexibility index (Phi) is 2.79. The Morgan fingerprint density at radius 2 is 1.95 bits per heavy atom. The van der Waals surface area contributed by atoms with Gasteiger partial charge in [0.15, 0.2) is 5.13 Å². The number of para-hydroxylation sites is 1. The first-order chi connectivity index (χ1) is 10.3. The van der Waals surface area contributed by atoms with Crippen LogP contribution in [0.2, 0.25) is 0 Å². The molecule has 0 aliphatic rings. The number of anilines is 2. The fraction of sp³-hybridized carbons (Fsp3) is 0. The van der Waals surface area contributed by atoms with Crippen LogP contribution in [-0.4, -0.2) is 9.97 Å². The molecule has 0 radical (unpaired) electrons. The molecule has 0 unspecified atom stereocenters. The number of pyridine rings is 1. The highest BCUT2D eigenvalue weighted by Crippen LogP contribution is 2.30. The maximum absolute atomic E-state index is 13.2. The van der Waals surface area contributed by atoms with Crippen molar-refractivity contribution < 1.29 is 4.39 Å². The molecule has 0 bridgehead atoms. The van der Waals surface area contributed by atoms with Crippen molar-refractivity contribution in [3.05, 3.63) is 60.5 Å². The lowest BCUT2D eigenvalue weighted by atomic mass is 10.2. The average molecular weight is 295 g/mol. The number of nitrogens with zero attached hydrogens (tertiary/aromatic N) is 2. The van der Waals surface area contributed by atoms with Gasteiger partial charge < -0.3 is 5.32 Å². The van der Waals surface area contributed by atoms with Crippen molar-refractivity contribution in [1.29, 1.82) is 0 Å². The van der Waals surface area contributed by atoms with E-state index < -0.39 is 0 Å². The van der Waals surface area contributed by atoms with E-state index in [-0.39, 0.29) is 5.82 Å². The molecule has 0 aliphatic heterocycles. The fourth-order valence-corrected chi connectivity index (χ4v) is 3.13. The minimum atomic E-state index is -0.272. The molecule has 2 aromatic carbocycles. The third-order valence-electron chi connectivity index (χ3n) is 3.22. The smallest absolute Gasteiger partial charge is 0.188 e. The molecular formula is C16H10FN3S. The standard InChI is InChI=1S/C16H10FN3S/c17-11-6-7-14-13(9-11)20-16(21-14)19-12-5-1-3-10-4-2-8-18-15(10)12/h1-9H,(H,19,20). The summed E-state index contributed by atoms with van der Waals surface area (Å²) < 4.78 is 14.2. The lowest BCUT2D eigenvalue weighted by molar-refractivity contribution is 0.629. The van der Waals surface area contributed by atoms with Gasteiger partial charge in [0, 0.05) is 17.6 Å². The Morgan fingerprint density at radius 3 is 2.90 bits per heavy atom. The molecule has 0 saturated heterocycles. The van der Waals surface area contributed by atoms with Crippen LogP contribution in [0.1, 0.15) is 0 Å². The minimum absolute atomic E-state index is 0.272. The van der Waals surface area contributed by atoms with Crippen molar-refractivity contribution in [3.8, 4) is 0 Å². The van der Waals surface area contributed by atoms with E-state index in [1.165, 1.54) is 23.5 Å². The zero-order chi connectivity index (χ0) is 14.2. The first-order valence-corrected chi connectivity index (χ1v) is 7.28. The normalized spacial score (nSPS) is 11.1. The lowest BCUT2D eigenvalue weighted by Gasteiger charge is -2.05. The van der Waals surface area contributed by atoms with Crippen LogP contribution in [0.25, 0.3) is 21.1 Å². The van der Waals surface area contributed by atoms with Gasteiger partial charge in [-0.3, -0.25) is 4.98 Å². The number of hydrogen-bond donors (Lipinski definition) is 1. The minimum Gasteiger partial charge on any atom is -0.330 e. The molecule has 0 saturated carbocycles. The van der Waals surface area contributed by atoms with Gasteiger partial charge in [-0.1, -0.05) is 29.5 Å². The van der Waals surface area contributed by atoms with E-state index in [1.807, 2.05) is 30.3 Å². The quantitative estimate of drug-likeness (QED) is 0.581. The predicted octanol–water partition coefficient (Wildman–Crippen LogP) is 4.73. The fourth-order valence-electron chi connectivity index (χ4n) is 2.27. The SMILES string of the molecule is Fc1ccc2sc(Nc3cccc4cccnc34)nc2c1. The summed E-state index contributed by atoms with van der Waals surface area (Å²) in [6.45, 7) is 0. The Hall–Kier alpha value is -2.53. The van der Waals surface area contributed by atoms with E-state index in [4.69, 9.17) is 0 Å². The summed E-state index contributed by atoms with van der Waals surface area (Å²) in [4.78, 5) is 8.81. The molecule has 4 aromatic rings. The van der Waals surface area contributed by atoms with Gasteiger partial charge in [0.2, 0.25) is 0 Å². The van der Waals surface area contributed by atoms with Crippen molar-refractivity contribution in [3.63, 3.8) is 0 Å². The number of halogens is 1. The highest BCUT2D eigenvalue weighted by molar-refractivity contribution is 7.22. The molecule has 0 spiro atoms. The molecule has 102 valence electrons. The zero-order valence-corrected chi connectivity index (χ0v) is 11.7. The van der Waals surface area contributed by atoms with E-state index in [2.05, 4.69) is 15.3 Å². The van der Waals surface area contributed by atoms with Crippen LogP contribution in [-0.2, 0) is 0 Å². The Morgan fingerprint density at radius 1 is 1.05 bits per heavy atom. The number of aromatic nitrogens is 2. The third-order valence-corrected chi connectivity index (χ3v) is 4.18. The Balaban J connectivity index is 1.79. The van der Waals surface area contributed by atoms with Crippen LogP contribution in [0.3, 0.4) is 0 Å². The molecule has 4 rings (SSSR count). The van der Waals surface area contributed by atoms with Crippen LogP contribution in [0.15, 0.2) is 54.7 Å². The number of nitrogens with one attached hydrogen (secondary N) is 1.